The van der Waals surface area contributed by atoms with Gasteiger partial charge in [-0.2, -0.15) is 0 Å². The van der Waals surface area contributed by atoms with Gasteiger partial charge in [0.25, 0.3) is 0 Å². The molecule has 12 unspecified atom stereocenters. The van der Waals surface area contributed by atoms with E-state index < -0.39 is 86.8 Å². The second-order valence-electron chi connectivity index (χ2n) is 24.7. The molecule has 2 aliphatic heterocycles. The average molecular weight is 1180 g/mol. The average Bonchev–Trinajstić information content (AvgIpc) is 3.65. The highest BCUT2D eigenvalue weighted by Crippen LogP contribution is 2.30. The molecule has 83 heavy (non-hydrogen) atoms. The van der Waals surface area contributed by atoms with Crippen molar-refractivity contribution in [1.82, 2.24) is 5.32 Å². The number of nitrogens with one attached hydrogen (secondary N) is 1. The molecule has 0 aromatic carbocycles. The molecular formula is C69H129NO13. The van der Waals surface area contributed by atoms with Gasteiger partial charge in [0, 0.05) is 6.42 Å². The molecule has 488 valence electrons. The van der Waals surface area contributed by atoms with E-state index in [1.165, 1.54) is 205 Å². The molecule has 2 rings (SSSR count). The molecule has 14 heteroatoms. The van der Waals surface area contributed by atoms with E-state index in [1.807, 2.05) is 0 Å². The van der Waals surface area contributed by atoms with Gasteiger partial charge in [0.15, 0.2) is 12.6 Å². The zero-order chi connectivity index (χ0) is 60.2. The molecule has 2 saturated heterocycles. The van der Waals surface area contributed by atoms with Crippen LogP contribution in [-0.4, -0.2) is 140 Å². The molecule has 14 nitrogen and oxygen atoms in total. The molecule has 2 heterocycles. The van der Waals surface area contributed by atoms with Gasteiger partial charge in [-0.15, -0.1) is 0 Å². The van der Waals surface area contributed by atoms with Gasteiger partial charge < -0.3 is 65.1 Å². The molecule has 0 saturated carbocycles. The minimum atomic E-state index is -1.78. The minimum Gasteiger partial charge on any atom is -0.394 e. The van der Waals surface area contributed by atoms with Crippen LogP contribution in [0.1, 0.15) is 303 Å². The van der Waals surface area contributed by atoms with Crippen molar-refractivity contribution in [2.75, 3.05) is 19.8 Å². The Bertz CT molecular complexity index is 1530. The first-order valence-electron chi connectivity index (χ1n) is 34.7. The van der Waals surface area contributed by atoms with Crippen molar-refractivity contribution in [3.63, 3.8) is 0 Å². The Morgan fingerprint density at radius 3 is 1.22 bits per heavy atom. The topological polar surface area (TPSA) is 228 Å². The first-order valence-corrected chi connectivity index (χ1v) is 34.7. The number of carbonyl (C=O) groups is 1. The highest BCUT2D eigenvalue weighted by molar-refractivity contribution is 5.76. The molecule has 2 aliphatic rings. The summed E-state index contributed by atoms with van der Waals surface area (Å²) in [4.78, 5) is 13.3. The Morgan fingerprint density at radius 1 is 0.434 bits per heavy atom. The maximum Gasteiger partial charge on any atom is 0.220 e. The smallest absolute Gasteiger partial charge is 0.220 e. The normalized spacial score (nSPS) is 24.0. The number of unbranched alkanes of at least 4 members (excludes halogenated alkanes) is 38. The fourth-order valence-corrected chi connectivity index (χ4v) is 11.5. The summed E-state index contributed by atoms with van der Waals surface area (Å²) in [5.74, 6) is -0.207. The van der Waals surface area contributed by atoms with Crippen molar-refractivity contribution in [3.8, 4) is 0 Å². The first-order chi connectivity index (χ1) is 40.6. The molecule has 0 aromatic rings. The third kappa shape index (κ3) is 39.0. The van der Waals surface area contributed by atoms with Gasteiger partial charge in [-0.3, -0.25) is 4.79 Å². The SMILES string of the molecule is CCCCCCC/C=C\C/C=C\C/C=C\CCCCCCCCCCCCC(=O)NC(COC1OC(CO)C(OC2OC(CO)C(O)C(O)C2O)C(O)C1O)C(O)CCCCCCCCCCCCCCCCCCCCCCCCCC. The van der Waals surface area contributed by atoms with Gasteiger partial charge in [-0.1, -0.05) is 281 Å². The van der Waals surface area contributed by atoms with Crippen LogP contribution in [0.4, 0.5) is 0 Å². The van der Waals surface area contributed by atoms with Crippen molar-refractivity contribution in [1.29, 1.82) is 0 Å². The zero-order valence-corrected chi connectivity index (χ0v) is 53.0. The van der Waals surface area contributed by atoms with Crippen molar-refractivity contribution < 1.29 is 64.6 Å². The molecule has 0 aromatic heterocycles. The van der Waals surface area contributed by atoms with E-state index in [9.17, 15) is 45.6 Å². The summed E-state index contributed by atoms with van der Waals surface area (Å²) in [6.07, 6.45) is 51.5. The third-order valence-corrected chi connectivity index (χ3v) is 17.1. The highest BCUT2D eigenvalue weighted by Gasteiger charge is 2.51. The van der Waals surface area contributed by atoms with Crippen molar-refractivity contribution in [2.45, 2.75) is 376 Å². The van der Waals surface area contributed by atoms with Crippen molar-refractivity contribution >= 4 is 5.91 Å². The number of rotatable bonds is 57. The van der Waals surface area contributed by atoms with Crippen LogP contribution in [0, 0.1) is 0 Å². The molecular weight excluding hydrogens is 1050 g/mol. The van der Waals surface area contributed by atoms with Crippen LogP contribution >= 0.6 is 0 Å². The lowest BCUT2D eigenvalue weighted by atomic mass is 9.97. The second-order valence-corrected chi connectivity index (χ2v) is 24.7. The molecule has 2 fully saturated rings. The largest absolute Gasteiger partial charge is 0.394 e. The van der Waals surface area contributed by atoms with E-state index in [0.29, 0.717) is 12.8 Å². The van der Waals surface area contributed by atoms with E-state index >= 15 is 0 Å². The van der Waals surface area contributed by atoms with Crippen LogP contribution in [0.2, 0.25) is 0 Å². The molecule has 0 radical (unpaired) electrons. The van der Waals surface area contributed by atoms with Crippen LogP contribution in [0.25, 0.3) is 0 Å². The monoisotopic (exact) mass is 1180 g/mol. The maximum absolute atomic E-state index is 13.3. The fourth-order valence-electron chi connectivity index (χ4n) is 11.5. The van der Waals surface area contributed by atoms with Gasteiger partial charge in [0.05, 0.1) is 32.0 Å². The Hall–Kier alpha value is -1.79. The number of aliphatic hydroxyl groups is 8. The molecule has 0 spiro atoms. The lowest BCUT2D eigenvalue weighted by Gasteiger charge is -2.46. The zero-order valence-electron chi connectivity index (χ0n) is 53.0. The van der Waals surface area contributed by atoms with Crippen molar-refractivity contribution in [2.24, 2.45) is 0 Å². The van der Waals surface area contributed by atoms with E-state index in [0.717, 1.165) is 70.6 Å². The van der Waals surface area contributed by atoms with Crippen LogP contribution < -0.4 is 5.32 Å². The summed E-state index contributed by atoms with van der Waals surface area (Å²) in [6, 6.07) is -0.832. The molecule has 0 aliphatic carbocycles. The Kier molecular flexibility index (Phi) is 50.6. The Labute approximate surface area is 506 Å². The van der Waals surface area contributed by atoms with Crippen molar-refractivity contribution in [3.05, 3.63) is 36.5 Å². The summed E-state index contributed by atoms with van der Waals surface area (Å²) in [5.41, 5.74) is 0. The predicted molar refractivity (Wildman–Crippen MR) is 337 cm³/mol. The van der Waals surface area contributed by atoms with Crippen LogP contribution in [0.3, 0.4) is 0 Å². The van der Waals surface area contributed by atoms with Gasteiger partial charge in [-0.05, 0) is 51.4 Å². The number of carbonyl (C=O) groups excluding carboxylic acids is 1. The van der Waals surface area contributed by atoms with Gasteiger partial charge in [-0.25, -0.2) is 0 Å². The van der Waals surface area contributed by atoms with E-state index in [2.05, 4.69) is 55.6 Å². The van der Waals surface area contributed by atoms with Crippen LogP contribution in [-0.2, 0) is 23.7 Å². The number of amides is 1. The molecule has 0 bridgehead atoms. The summed E-state index contributed by atoms with van der Waals surface area (Å²) in [5, 5.41) is 87.6. The number of aliphatic hydroxyl groups excluding tert-OH is 8. The Balaban J connectivity index is 1.69. The first kappa shape index (κ1) is 77.3. The van der Waals surface area contributed by atoms with Gasteiger partial charge in [0.2, 0.25) is 5.91 Å². The number of hydrogen-bond acceptors (Lipinski definition) is 13. The lowest BCUT2D eigenvalue weighted by molar-refractivity contribution is -0.359. The molecule has 1 amide bonds. The minimum absolute atomic E-state index is 0.207. The number of ether oxygens (including phenoxy) is 4. The summed E-state index contributed by atoms with van der Waals surface area (Å²) < 4.78 is 22.9. The molecule has 12 atom stereocenters. The highest BCUT2D eigenvalue weighted by atomic mass is 16.7. The summed E-state index contributed by atoms with van der Waals surface area (Å²) in [7, 11) is 0. The van der Waals surface area contributed by atoms with Crippen LogP contribution in [0.5, 0.6) is 0 Å². The molecule has 9 N–H and O–H groups in total. The van der Waals surface area contributed by atoms with E-state index in [-0.39, 0.29) is 12.5 Å². The van der Waals surface area contributed by atoms with Crippen LogP contribution in [0.15, 0.2) is 36.5 Å². The standard InChI is InChI=1S/C69H129NO13/c1-3-5-7-9-11-13-15-17-19-21-23-25-27-29-31-33-35-37-39-41-43-45-47-49-51-53-61(74)70-57(56-80-68-66(79)64(77)67(60(55-72)82-68)83-69-65(78)63(76)62(75)59(54-71)81-69)58(73)52-50-48-46-44-42-40-38-36-34-32-30-28-26-24-22-20-18-16-14-12-10-8-6-4-2/h15,17,21,23,27,29,57-60,62-69,71-73,75-79H,3-14,16,18-20,22,24-26,28,30-56H2,1-2H3,(H,70,74)/b17-15-,23-21-,29-27-. The number of allylic oxidation sites excluding steroid dienone is 6. The summed E-state index contributed by atoms with van der Waals surface area (Å²) in [6.45, 7) is 2.89. The lowest BCUT2D eigenvalue weighted by Crippen LogP contribution is -2.65. The predicted octanol–water partition coefficient (Wildman–Crippen LogP) is 13.7. The second kappa shape index (κ2) is 54.4. The van der Waals surface area contributed by atoms with E-state index in [1.54, 1.807) is 0 Å². The van der Waals surface area contributed by atoms with E-state index in [4.69, 9.17) is 18.9 Å². The number of hydrogen-bond donors (Lipinski definition) is 9. The maximum atomic E-state index is 13.3. The third-order valence-electron chi connectivity index (χ3n) is 17.1. The van der Waals surface area contributed by atoms with Gasteiger partial charge in [0.1, 0.15) is 48.8 Å². The fraction of sp³-hybridized carbons (Fsp3) is 0.899. The summed E-state index contributed by atoms with van der Waals surface area (Å²) >= 11 is 0. The quantitative estimate of drug-likeness (QED) is 0.0204. The Morgan fingerprint density at radius 2 is 0.795 bits per heavy atom. The van der Waals surface area contributed by atoms with Gasteiger partial charge >= 0.3 is 0 Å².